The number of aromatic nitrogens is 2. The number of para-hydroxylation sites is 2. The number of nitrogens with zero attached hydrogens (tertiary/aromatic N) is 2. The lowest BCUT2D eigenvalue weighted by Crippen LogP contribution is -2.41. The molecule has 3 rings (SSSR count). The van der Waals surface area contributed by atoms with Gasteiger partial charge in [0.1, 0.15) is 5.82 Å². The van der Waals surface area contributed by atoms with Crippen molar-refractivity contribution in [1.82, 2.24) is 14.9 Å². The maximum absolute atomic E-state index is 4.70. The standard InChI is InChI=1S/C15H21N3/c1-15(2,11-8-9-11)16-10-14-17-12-6-4-5-7-13(12)18(14)3/h4-7,11,16H,8-10H2,1-3H3. The van der Waals surface area contributed by atoms with Crippen LogP contribution in [0.1, 0.15) is 32.5 Å². The van der Waals surface area contributed by atoms with Gasteiger partial charge in [0.25, 0.3) is 0 Å². The minimum Gasteiger partial charge on any atom is -0.330 e. The van der Waals surface area contributed by atoms with Crippen molar-refractivity contribution in [2.24, 2.45) is 13.0 Å². The largest absolute Gasteiger partial charge is 0.330 e. The van der Waals surface area contributed by atoms with Crippen LogP contribution >= 0.6 is 0 Å². The molecule has 0 bridgehead atoms. The highest BCUT2D eigenvalue weighted by Gasteiger charge is 2.37. The second kappa shape index (κ2) is 4.09. The molecule has 1 fully saturated rings. The number of hydrogen-bond donors (Lipinski definition) is 1. The van der Waals surface area contributed by atoms with Crippen molar-refractivity contribution < 1.29 is 0 Å². The van der Waals surface area contributed by atoms with E-state index in [1.54, 1.807) is 0 Å². The van der Waals surface area contributed by atoms with Gasteiger partial charge in [0.15, 0.2) is 0 Å². The molecule has 0 spiro atoms. The highest BCUT2D eigenvalue weighted by Crippen LogP contribution is 2.39. The molecule has 1 aliphatic rings. The number of aryl methyl sites for hydroxylation is 1. The van der Waals surface area contributed by atoms with Crippen LogP contribution in [0.2, 0.25) is 0 Å². The van der Waals surface area contributed by atoms with Crippen molar-refractivity contribution in [3.63, 3.8) is 0 Å². The maximum Gasteiger partial charge on any atom is 0.123 e. The highest BCUT2D eigenvalue weighted by molar-refractivity contribution is 5.75. The monoisotopic (exact) mass is 243 g/mol. The van der Waals surface area contributed by atoms with Crippen molar-refractivity contribution in [3.05, 3.63) is 30.1 Å². The Labute approximate surface area is 108 Å². The van der Waals surface area contributed by atoms with Gasteiger partial charge in [0, 0.05) is 12.6 Å². The zero-order valence-corrected chi connectivity index (χ0v) is 11.4. The fourth-order valence-corrected chi connectivity index (χ4v) is 2.61. The third-order valence-electron chi connectivity index (χ3n) is 4.18. The van der Waals surface area contributed by atoms with E-state index in [4.69, 9.17) is 4.98 Å². The Morgan fingerprint density at radius 2 is 2.06 bits per heavy atom. The van der Waals surface area contributed by atoms with Gasteiger partial charge in [-0.05, 0) is 44.7 Å². The highest BCUT2D eigenvalue weighted by atomic mass is 15.1. The normalized spacial score (nSPS) is 16.4. The zero-order chi connectivity index (χ0) is 12.8. The lowest BCUT2D eigenvalue weighted by Gasteiger charge is -2.26. The van der Waals surface area contributed by atoms with Crippen LogP contribution < -0.4 is 5.32 Å². The molecule has 1 saturated carbocycles. The molecular formula is C15H21N3. The first-order chi connectivity index (χ1) is 8.58. The molecule has 18 heavy (non-hydrogen) atoms. The summed E-state index contributed by atoms with van der Waals surface area (Å²) in [5, 5.41) is 3.66. The first-order valence-electron chi connectivity index (χ1n) is 6.73. The van der Waals surface area contributed by atoms with Crippen LogP contribution in [0, 0.1) is 5.92 Å². The molecule has 96 valence electrons. The summed E-state index contributed by atoms with van der Waals surface area (Å²) in [5.41, 5.74) is 2.53. The molecule has 0 unspecified atom stereocenters. The Bertz CT molecular complexity index is 564. The average molecular weight is 243 g/mol. The quantitative estimate of drug-likeness (QED) is 0.895. The number of hydrogen-bond acceptors (Lipinski definition) is 2. The van der Waals surface area contributed by atoms with Gasteiger partial charge in [-0.15, -0.1) is 0 Å². The molecule has 3 nitrogen and oxygen atoms in total. The third kappa shape index (κ3) is 2.03. The molecule has 1 N–H and O–H groups in total. The summed E-state index contributed by atoms with van der Waals surface area (Å²) in [6, 6.07) is 8.30. The Balaban J connectivity index is 1.80. The van der Waals surface area contributed by atoms with Crippen LogP contribution in [-0.2, 0) is 13.6 Å². The van der Waals surface area contributed by atoms with Gasteiger partial charge in [0.2, 0.25) is 0 Å². The van der Waals surface area contributed by atoms with Crippen LogP contribution in [0.5, 0.6) is 0 Å². The topological polar surface area (TPSA) is 29.9 Å². The van der Waals surface area contributed by atoms with E-state index in [0.717, 1.165) is 23.8 Å². The van der Waals surface area contributed by atoms with Crippen molar-refractivity contribution >= 4 is 11.0 Å². The van der Waals surface area contributed by atoms with Gasteiger partial charge in [-0.25, -0.2) is 4.98 Å². The first-order valence-corrected chi connectivity index (χ1v) is 6.73. The third-order valence-corrected chi connectivity index (χ3v) is 4.18. The van der Waals surface area contributed by atoms with Gasteiger partial charge < -0.3 is 9.88 Å². The van der Waals surface area contributed by atoms with Crippen LogP contribution in [0.4, 0.5) is 0 Å². The van der Waals surface area contributed by atoms with Gasteiger partial charge in [-0.3, -0.25) is 0 Å². The lowest BCUT2D eigenvalue weighted by molar-refractivity contribution is 0.334. The molecule has 1 heterocycles. The molecule has 1 aromatic heterocycles. The fourth-order valence-electron chi connectivity index (χ4n) is 2.61. The predicted molar refractivity (Wildman–Crippen MR) is 74.4 cm³/mol. The predicted octanol–water partition coefficient (Wildman–Crippen LogP) is 2.85. The minimum atomic E-state index is 0.234. The van der Waals surface area contributed by atoms with Crippen LogP contribution in [0.15, 0.2) is 24.3 Å². The minimum absolute atomic E-state index is 0.234. The summed E-state index contributed by atoms with van der Waals surface area (Å²) in [7, 11) is 2.09. The van der Waals surface area contributed by atoms with Gasteiger partial charge in [-0.1, -0.05) is 12.1 Å². The van der Waals surface area contributed by atoms with E-state index < -0.39 is 0 Å². The Morgan fingerprint density at radius 1 is 1.33 bits per heavy atom. The van der Waals surface area contributed by atoms with Crippen LogP contribution in [0.25, 0.3) is 11.0 Å². The molecule has 1 aromatic carbocycles. The number of imidazole rings is 1. The van der Waals surface area contributed by atoms with Gasteiger partial charge in [-0.2, -0.15) is 0 Å². The molecule has 0 aliphatic heterocycles. The van der Waals surface area contributed by atoms with Gasteiger partial charge in [0.05, 0.1) is 17.6 Å². The first kappa shape index (κ1) is 11.7. The van der Waals surface area contributed by atoms with Crippen LogP contribution in [-0.4, -0.2) is 15.1 Å². The number of fused-ring (bicyclic) bond motifs is 1. The molecule has 0 amide bonds. The summed E-state index contributed by atoms with van der Waals surface area (Å²) in [5.74, 6) is 1.96. The van der Waals surface area contributed by atoms with E-state index in [0.29, 0.717) is 0 Å². The van der Waals surface area contributed by atoms with Crippen LogP contribution in [0.3, 0.4) is 0 Å². The van der Waals surface area contributed by atoms with E-state index in [2.05, 4.69) is 49.0 Å². The molecule has 0 radical (unpaired) electrons. The van der Waals surface area contributed by atoms with E-state index >= 15 is 0 Å². The van der Waals surface area contributed by atoms with E-state index in [-0.39, 0.29) is 5.54 Å². The summed E-state index contributed by atoms with van der Waals surface area (Å²) in [4.78, 5) is 4.70. The molecule has 0 saturated heterocycles. The molecular weight excluding hydrogens is 222 g/mol. The fraction of sp³-hybridized carbons (Fsp3) is 0.533. The van der Waals surface area contributed by atoms with E-state index in [1.165, 1.54) is 18.4 Å². The lowest BCUT2D eigenvalue weighted by atomic mass is 9.99. The molecule has 1 aliphatic carbocycles. The second-order valence-electron chi connectivity index (χ2n) is 5.93. The van der Waals surface area contributed by atoms with Crippen molar-refractivity contribution in [1.29, 1.82) is 0 Å². The Kier molecular flexibility index (Phi) is 2.67. The van der Waals surface area contributed by atoms with E-state index in [1.807, 2.05) is 6.07 Å². The summed E-state index contributed by atoms with van der Waals surface area (Å²) >= 11 is 0. The van der Waals surface area contributed by atoms with Gasteiger partial charge >= 0.3 is 0 Å². The average Bonchev–Trinajstić information content (AvgIpc) is 3.15. The summed E-state index contributed by atoms with van der Waals surface area (Å²) < 4.78 is 2.19. The maximum atomic E-state index is 4.70. The second-order valence-corrected chi connectivity index (χ2v) is 5.93. The van der Waals surface area contributed by atoms with Crippen molar-refractivity contribution in [2.45, 2.75) is 38.8 Å². The zero-order valence-electron chi connectivity index (χ0n) is 11.4. The molecule has 2 aromatic rings. The SMILES string of the molecule is Cn1c(CNC(C)(C)C2CC2)nc2ccccc21. The van der Waals surface area contributed by atoms with Crippen molar-refractivity contribution in [3.8, 4) is 0 Å². The van der Waals surface area contributed by atoms with E-state index in [9.17, 15) is 0 Å². The summed E-state index contributed by atoms with van der Waals surface area (Å²) in [6.07, 6.45) is 2.73. The Hall–Kier alpha value is -1.35. The molecule has 0 atom stereocenters. The smallest absolute Gasteiger partial charge is 0.123 e. The molecule has 3 heteroatoms. The Morgan fingerprint density at radius 3 is 2.72 bits per heavy atom. The number of rotatable bonds is 4. The summed E-state index contributed by atoms with van der Waals surface area (Å²) in [6.45, 7) is 5.44. The number of benzene rings is 1. The van der Waals surface area contributed by atoms with Crippen molar-refractivity contribution in [2.75, 3.05) is 0 Å². The number of nitrogens with one attached hydrogen (secondary N) is 1.